The Hall–Kier alpha value is -3.67. The van der Waals surface area contributed by atoms with Crippen molar-refractivity contribution in [2.45, 2.75) is 27.2 Å². The van der Waals surface area contributed by atoms with E-state index in [1.165, 1.54) is 0 Å². The van der Waals surface area contributed by atoms with Crippen LogP contribution in [0.2, 0.25) is 0 Å². The molecule has 0 aliphatic rings. The van der Waals surface area contributed by atoms with Gasteiger partial charge in [0.2, 0.25) is 17.7 Å². The van der Waals surface area contributed by atoms with Gasteiger partial charge in [0.25, 0.3) is 0 Å². The zero-order chi connectivity index (χ0) is 22.4. The zero-order valence-electron chi connectivity index (χ0n) is 18.0. The molecule has 0 saturated heterocycles. The number of benzene rings is 3. The second-order valence-electron chi connectivity index (χ2n) is 7.81. The van der Waals surface area contributed by atoms with E-state index >= 15 is 0 Å². The molecule has 160 valence electrons. The minimum atomic E-state index is -0.332. The Morgan fingerprint density at radius 3 is 2.39 bits per heavy atom. The van der Waals surface area contributed by atoms with E-state index in [-0.39, 0.29) is 36.6 Å². The van der Waals surface area contributed by atoms with E-state index in [1.807, 2.05) is 69.3 Å². The fraction of sp³-hybridized carbons (Fsp3) is 0.240. The monoisotopic (exact) mass is 417 g/mol. The molecule has 0 radical (unpaired) electrons. The molecule has 6 nitrogen and oxygen atoms in total. The Morgan fingerprint density at radius 1 is 0.871 bits per heavy atom. The van der Waals surface area contributed by atoms with E-state index in [4.69, 9.17) is 0 Å². The number of fused-ring (bicyclic) bond motifs is 1. The van der Waals surface area contributed by atoms with Gasteiger partial charge in [-0.05, 0) is 41.0 Å². The Balaban J connectivity index is 1.57. The van der Waals surface area contributed by atoms with E-state index in [1.54, 1.807) is 12.1 Å². The van der Waals surface area contributed by atoms with Gasteiger partial charge in [-0.25, -0.2) is 0 Å². The highest BCUT2D eigenvalue weighted by molar-refractivity contribution is 5.98. The van der Waals surface area contributed by atoms with Crippen molar-refractivity contribution in [3.05, 3.63) is 71.8 Å². The fourth-order valence-corrected chi connectivity index (χ4v) is 3.18. The van der Waals surface area contributed by atoms with Crippen LogP contribution in [0.1, 0.15) is 25.0 Å². The molecule has 31 heavy (non-hydrogen) atoms. The SMILES string of the molecule is Cc1ccc(NC(=O)C(C)C)cc1NC(=O)CNC(=O)Cc1cccc2ccccc12. The first-order valence-electron chi connectivity index (χ1n) is 10.3. The summed E-state index contributed by atoms with van der Waals surface area (Å²) in [6, 6.07) is 19.1. The molecule has 3 rings (SSSR count). The Morgan fingerprint density at radius 2 is 1.61 bits per heavy atom. The van der Waals surface area contributed by atoms with Crippen molar-refractivity contribution < 1.29 is 14.4 Å². The van der Waals surface area contributed by atoms with Gasteiger partial charge in [-0.2, -0.15) is 0 Å². The van der Waals surface area contributed by atoms with Gasteiger partial charge in [0.15, 0.2) is 0 Å². The first kappa shape index (κ1) is 22.0. The average molecular weight is 418 g/mol. The summed E-state index contributed by atoms with van der Waals surface area (Å²) in [4.78, 5) is 36.6. The molecule has 6 heteroatoms. The van der Waals surface area contributed by atoms with Gasteiger partial charge in [0, 0.05) is 17.3 Å². The van der Waals surface area contributed by atoms with Crippen LogP contribution in [0.5, 0.6) is 0 Å². The number of amides is 3. The Bertz CT molecular complexity index is 1120. The number of nitrogens with one attached hydrogen (secondary N) is 3. The lowest BCUT2D eigenvalue weighted by atomic mass is 10.0. The predicted molar refractivity (Wildman–Crippen MR) is 124 cm³/mol. The van der Waals surface area contributed by atoms with Crippen molar-refractivity contribution in [2.24, 2.45) is 5.92 Å². The molecular weight excluding hydrogens is 390 g/mol. The van der Waals surface area contributed by atoms with Gasteiger partial charge in [-0.3, -0.25) is 14.4 Å². The maximum Gasteiger partial charge on any atom is 0.243 e. The lowest BCUT2D eigenvalue weighted by Crippen LogP contribution is -2.34. The number of rotatable bonds is 7. The maximum atomic E-state index is 12.4. The first-order valence-corrected chi connectivity index (χ1v) is 10.3. The van der Waals surface area contributed by atoms with Crippen LogP contribution in [0.25, 0.3) is 10.8 Å². The Kier molecular flexibility index (Phi) is 7.03. The average Bonchev–Trinajstić information content (AvgIpc) is 2.75. The van der Waals surface area contributed by atoms with E-state index in [9.17, 15) is 14.4 Å². The molecule has 0 aliphatic heterocycles. The van der Waals surface area contributed by atoms with Crippen LogP contribution in [-0.4, -0.2) is 24.3 Å². The van der Waals surface area contributed by atoms with Crippen LogP contribution in [-0.2, 0) is 20.8 Å². The third kappa shape index (κ3) is 5.92. The van der Waals surface area contributed by atoms with Crippen molar-refractivity contribution in [1.29, 1.82) is 0 Å². The van der Waals surface area contributed by atoms with Gasteiger partial charge in [-0.1, -0.05) is 62.4 Å². The van der Waals surface area contributed by atoms with Crippen molar-refractivity contribution in [1.82, 2.24) is 5.32 Å². The van der Waals surface area contributed by atoms with Crippen molar-refractivity contribution in [3.8, 4) is 0 Å². The standard InChI is InChI=1S/C25H27N3O3/c1-16(2)25(31)27-20-12-11-17(3)22(14-20)28-24(30)15-26-23(29)13-19-9-6-8-18-7-4-5-10-21(18)19/h4-12,14,16H,13,15H2,1-3H3,(H,26,29)(H,27,31)(H,28,30). The molecule has 0 fully saturated rings. The second-order valence-corrected chi connectivity index (χ2v) is 7.81. The van der Waals surface area contributed by atoms with Crippen LogP contribution in [0.4, 0.5) is 11.4 Å². The minimum absolute atomic E-state index is 0.0955. The molecule has 0 aliphatic carbocycles. The normalized spacial score (nSPS) is 10.7. The summed E-state index contributed by atoms with van der Waals surface area (Å²) in [7, 11) is 0. The molecule has 0 aromatic heterocycles. The molecule has 3 aromatic rings. The van der Waals surface area contributed by atoms with Gasteiger partial charge >= 0.3 is 0 Å². The summed E-state index contributed by atoms with van der Waals surface area (Å²) in [6.45, 7) is 5.36. The molecule has 3 N–H and O–H groups in total. The van der Waals surface area contributed by atoms with Crippen LogP contribution in [0, 0.1) is 12.8 Å². The summed E-state index contributed by atoms with van der Waals surface area (Å²) in [6.07, 6.45) is 0.199. The highest BCUT2D eigenvalue weighted by Gasteiger charge is 2.12. The third-order valence-corrected chi connectivity index (χ3v) is 4.98. The second kappa shape index (κ2) is 9.89. The molecule has 0 unspecified atom stereocenters. The number of carbonyl (C=O) groups is 3. The molecule has 3 amide bonds. The van der Waals surface area contributed by atoms with Gasteiger partial charge in [-0.15, -0.1) is 0 Å². The topological polar surface area (TPSA) is 87.3 Å². The molecule has 0 atom stereocenters. The van der Waals surface area contributed by atoms with Crippen LogP contribution in [0.15, 0.2) is 60.7 Å². The molecule has 0 saturated carbocycles. The lowest BCUT2D eigenvalue weighted by molar-refractivity contribution is -0.123. The van der Waals surface area contributed by atoms with Gasteiger partial charge in [0.1, 0.15) is 0 Å². The van der Waals surface area contributed by atoms with E-state index < -0.39 is 0 Å². The maximum absolute atomic E-state index is 12.4. The first-order chi connectivity index (χ1) is 14.8. The van der Waals surface area contributed by atoms with E-state index in [2.05, 4.69) is 16.0 Å². The van der Waals surface area contributed by atoms with E-state index in [0.29, 0.717) is 11.4 Å². The summed E-state index contributed by atoms with van der Waals surface area (Å²) in [5, 5.41) is 10.4. The van der Waals surface area contributed by atoms with Crippen LogP contribution >= 0.6 is 0 Å². The predicted octanol–water partition coefficient (Wildman–Crippen LogP) is 4.04. The fourth-order valence-electron chi connectivity index (χ4n) is 3.18. The highest BCUT2D eigenvalue weighted by atomic mass is 16.2. The number of hydrogen-bond acceptors (Lipinski definition) is 3. The van der Waals surface area contributed by atoms with Crippen molar-refractivity contribution >= 4 is 39.9 Å². The lowest BCUT2D eigenvalue weighted by Gasteiger charge is -2.13. The van der Waals surface area contributed by atoms with Gasteiger partial charge < -0.3 is 16.0 Å². The quantitative estimate of drug-likeness (QED) is 0.542. The molecular formula is C25H27N3O3. The van der Waals surface area contributed by atoms with Gasteiger partial charge in [0.05, 0.1) is 13.0 Å². The summed E-state index contributed by atoms with van der Waals surface area (Å²) in [5.74, 6) is -0.791. The van der Waals surface area contributed by atoms with Crippen LogP contribution in [0.3, 0.4) is 0 Å². The molecule has 0 heterocycles. The molecule has 0 bridgehead atoms. The number of anilines is 2. The molecule has 3 aromatic carbocycles. The summed E-state index contributed by atoms with van der Waals surface area (Å²) in [5.41, 5.74) is 2.98. The smallest absolute Gasteiger partial charge is 0.243 e. The summed E-state index contributed by atoms with van der Waals surface area (Å²) < 4.78 is 0. The molecule has 0 spiro atoms. The minimum Gasteiger partial charge on any atom is -0.347 e. The van der Waals surface area contributed by atoms with Crippen molar-refractivity contribution in [3.63, 3.8) is 0 Å². The van der Waals surface area contributed by atoms with E-state index in [0.717, 1.165) is 21.9 Å². The third-order valence-electron chi connectivity index (χ3n) is 4.98. The summed E-state index contributed by atoms with van der Waals surface area (Å²) >= 11 is 0. The van der Waals surface area contributed by atoms with Crippen molar-refractivity contribution in [2.75, 3.05) is 17.2 Å². The number of hydrogen-bond donors (Lipinski definition) is 3. The largest absolute Gasteiger partial charge is 0.347 e. The number of carbonyl (C=O) groups excluding carboxylic acids is 3. The number of aryl methyl sites for hydroxylation is 1. The van der Waals surface area contributed by atoms with Crippen LogP contribution < -0.4 is 16.0 Å². The Labute approximate surface area is 182 Å². The highest BCUT2D eigenvalue weighted by Crippen LogP contribution is 2.21. The zero-order valence-corrected chi connectivity index (χ0v) is 18.0.